The largest absolute Gasteiger partial charge is 0.443 e. The van der Waals surface area contributed by atoms with Crippen molar-refractivity contribution >= 4 is 6.09 Å². The van der Waals surface area contributed by atoms with E-state index in [4.69, 9.17) is 10.5 Å². The fraction of sp³-hybridized carbons (Fsp3) is 0.900. The molecule has 0 saturated carbocycles. The van der Waals surface area contributed by atoms with Crippen molar-refractivity contribution in [2.75, 3.05) is 13.1 Å². The SMILES string of the molecule is CC(C)(C)NC(=O)OC1CNCCC1N. The van der Waals surface area contributed by atoms with Crippen LogP contribution in [0.5, 0.6) is 0 Å². The number of hydrogen-bond acceptors (Lipinski definition) is 4. The van der Waals surface area contributed by atoms with E-state index >= 15 is 0 Å². The second-order valence-electron chi connectivity index (χ2n) is 4.98. The number of nitrogens with two attached hydrogens (primary N) is 1. The molecule has 1 aliphatic rings. The lowest BCUT2D eigenvalue weighted by molar-refractivity contribution is 0.0655. The summed E-state index contributed by atoms with van der Waals surface area (Å²) in [6.45, 7) is 7.26. The van der Waals surface area contributed by atoms with E-state index in [1.54, 1.807) is 0 Å². The van der Waals surface area contributed by atoms with Gasteiger partial charge in [0, 0.05) is 18.1 Å². The van der Waals surface area contributed by atoms with Gasteiger partial charge in [0.1, 0.15) is 6.10 Å². The molecule has 1 fully saturated rings. The van der Waals surface area contributed by atoms with Gasteiger partial charge in [-0.25, -0.2) is 4.79 Å². The van der Waals surface area contributed by atoms with E-state index in [0.717, 1.165) is 13.0 Å². The Hall–Kier alpha value is -0.810. The molecular weight excluding hydrogens is 194 g/mol. The molecule has 5 nitrogen and oxygen atoms in total. The maximum Gasteiger partial charge on any atom is 0.407 e. The lowest BCUT2D eigenvalue weighted by Crippen LogP contribution is -2.53. The molecular formula is C10H21N3O2. The minimum absolute atomic E-state index is 0.0584. The molecule has 4 N–H and O–H groups in total. The van der Waals surface area contributed by atoms with Crippen molar-refractivity contribution in [3.8, 4) is 0 Å². The van der Waals surface area contributed by atoms with Crippen LogP contribution in [0.2, 0.25) is 0 Å². The third-order valence-electron chi connectivity index (χ3n) is 2.21. The number of alkyl carbamates (subject to hydrolysis) is 1. The summed E-state index contributed by atoms with van der Waals surface area (Å²) in [5.74, 6) is 0. The van der Waals surface area contributed by atoms with Gasteiger partial charge in [-0.3, -0.25) is 0 Å². The first kappa shape index (κ1) is 12.3. The van der Waals surface area contributed by atoms with Crippen LogP contribution in [0.4, 0.5) is 4.79 Å². The monoisotopic (exact) mass is 215 g/mol. The van der Waals surface area contributed by atoms with E-state index in [0.29, 0.717) is 6.54 Å². The van der Waals surface area contributed by atoms with E-state index in [2.05, 4.69) is 10.6 Å². The third-order valence-corrected chi connectivity index (χ3v) is 2.21. The van der Waals surface area contributed by atoms with Crippen molar-refractivity contribution in [3.63, 3.8) is 0 Å². The first-order valence-electron chi connectivity index (χ1n) is 5.33. The number of hydrogen-bond donors (Lipinski definition) is 3. The van der Waals surface area contributed by atoms with E-state index in [1.807, 2.05) is 20.8 Å². The van der Waals surface area contributed by atoms with E-state index in [-0.39, 0.29) is 17.7 Å². The molecule has 0 spiro atoms. The summed E-state index contributed by atoms with van der Waals surface area (Å²) >= 11 is 0. The molecule has 1 saturated heterocycles. The highest BCUT2D eigenvalue weighted by Crippen LogP contribution is 2.07. The average Bonchev–Trinajstić information content (AvgIpc) is 2.05. The number of rotatable bonds is 1. The fourth-order valence-electron chi connectivity index (χ4n) is 1.45. The summed E-state index contributed by atoms with van der Waals surface area (Å²) < 4.78 is 5.24. The van der Waals surface area contributed by atoms with Gasteiger partial charge in [-0.2, -0.15) is 0 Å². The van der Waals surface area contributed by atoms with Crippen LogP contribution in [-0.2, 0) is 4.74 Å². The number of nitrogens with one attached hydrogen (secondary N) is 2. The Kier molecular flexibility index (Phi) is 3.93. The van der Waals surface area contributed by atoms with Crippen molar-refractivity contribution in [3.05, 3.63) is 0 Å². The van der Waals surface area contributed by atoms with Crippen LogP contribution in [0.15, 0.2) is 0 Å². The van der Waals surface area contributed by atoms with Gasteiger partial charge in [-0.05, 0) is 33.7 Å². The van der Waals surface area contributed by atoms with Gasteiger partial charge in [0.2, 0.25) is 0 Å². The van der Waals surface area contributed by atoms with E-state index in [1.165, 1.54) is 0 Å². The molecule has 15 heavy (non-hydrogen) atoms. The molecule has 2 unspecified atom stereocenters. The van der Waals surface area contributed by atoms with Crippen LogP contribution < -0.4 is 16.4 Å². The van der Waals surface area contributed by atoms with Crippen molar-refractivity contribution in [1.82, 2.24) is 10.6 Å². The molecule has 88 valence electrons. The van der Waals surface area contributed by atoms with Crippen molar-refractivity contribution in [1.29, 1.82) is 0 Å². The summed E-state index contributed by atoms with van der Waals surface area (Å²) in [6.07, 6.45) is 0.223. The lowest BCUT2D eigenvalue weighted by atomic mass is 10.1. The third kappa shape index (κ3) is 4.48. The van der Waals surface area contributed by atoms with Gasteiger partial charge in [0.15, 0.2) is 0 Å². The van der Waals surface area contributed by atoms with Gasteiger partial charge in [0.05, 0.1) is 0 Å². The summed E-state index contributed by atoms with van der Waals surface area (Å²) in [5.41, 5.74) is 5.57. The molecule has 5 heteroatoms. The van der Waals surface area contributed by atoms with Gasteiger partial charge >= 0.3 is 6.09 Å². The quantitative estimate of drug-likeness (QED) is 0.584. The molecule has 1 aliphatic heterocycles. The summed E-state index contributed by atoms with van der Waals surface area (Å²) in [5, 5.41) is 5.89. The summed E-state index contributed by atoms with van der Waals surface area (Å²) in [7, 11) is 0. The molecule has 1 rings (SSSR count). The Morgan fingerprint density at radius 2 is 2.20 bits per heavy atom. The highest BCUT2D eigenvalue weighted by atomic mass is 16.6. The van der Waals surface area contributed by atoms with Crippen molar-refractivity contribution in [2.45, 2.75) is 44.9 Å². The zero-order chi connectivity index (χ0) is 11.5. The molecule has 1 amide bonds. The first-order chi connectivity index (χ1) is 6.88. The Labute approximate surface area is 90.7 Å². The van der Waals surface area contributed by atoms with E-state index < -0.39 is 6.09 Å². The first-order valence-corrected chi connectivity index (χ1v) is 5.33. The Bertz CT molecular complexity index is 225. The number of ether oxygens (including phenoxy) is 1. The zero-order valence-electron chi connectivity index (χ0n) is 9.67. The minimum Gasteiger partial charge on any atom is -0.443 e. The van der Waals surface area contributed by atoms with Gasteiger partial charge in [-0.15, -0.1) is 0 Å². The molecule has 0 bridgehead atoms. The smallest absolute Gasteiger partial charge is 0.407 e. The second-order valence-corrected chi connectivity index (χ2v) is 4.98. The van der Waals surface area contributed by atoms with Crippen LogP contribution in [0.3, 0.4) is 0 Å². The number of amides is 1. The maximum absolute atomic E-state index is 11.5. The minimum atomic E-state index is -0.397. The number of carbonyl (C=O) groups excluding carboxylic acids is 1. The highest BCUT2D eigenvalue weighted by Gasteiger charge is 2.26. The Balaban J connectivity index is 2.36. The standard InChI is InChI=1S/C10H21N3O2/c1-10(2,3)13-9(14)15-8-6-12-5-4-7(8)11/h7-8,12H,4-6,11H2,1-3H3,(H,13,14). The predicted molar refractivity (Wildman–Crippen MR) is 58.6 cm³/mol. The van der Waals surface area contributed by atoms with Crippen LogP contribution in [0.25, 0.3) is 0 Å². The summed E-state index contributed by atoms with van der Waals surface area (Å²) in [6, 6.07) is -0.0584. The molecule has 0 radical (unpaired) electrons. The number of carbonyl (C=O) groups is 1. The normalized spacial score (nSPS) is 27.2. The Morgan fingerprint density at radius 1 is 1.53 bits per heavy atom. The van der Waals surface area contributed by atoms with Crippen LogP contribution in [0.1, 0.15) is 27.2 Å². The topological polar surface area (TPSA) is 76.4 Å². The van der Waals surface area contributed by atoms with Gasteiger partial charge in [0.25, 0.3) is 0 Å². The number of piperidine rings is 1. The average molecular weight is 215 g/mol. The highest BCUT2D eigenvalue weighted by molar-refractivity contribution is 5.68. The van der Waals surface area contributed by atoms with Crippen LogP contribution in [0, 0.1) is 0 Å². The fourth-order valence-corrected chi connectivity index (χ4v) is 1.45. The zero-order valence-corrected chi connectivity index (χ0v) is 9.67. The second kappa shape index (κ2) is 4.81. The lowest BCUT2D eigenvalue weighted by Gasteiger charge is -2.30. The predicted octanol–water partition coefficient (Wildman–Crippen LogP) is 0.200. The molecule has 1 heterocycles. The van der Waals surface area contributed by atoms with Crippen LogP contribution >= 0.6 is 0 Å². The summed E-state index contributed by atoms with van der Waals surface area (Å²) in [4.78, 5) is 11.5. The van der Waals surface area contributed by atoms with Crippen molar-refractivity contribution < 1.29 is 9.53 Å². The maximum atomic E-state index is 11.5. The Morgan fingerprint density at radius 3 is 2.73 bits per heavy atom. The van der Waals surface area contributed by atoms with Crippen molar-refractivity contribution in [2.24, 2.45) is 5.73 Å². The van der Waals surface area contributed by atoms with E-state index in [9.17, 15) is 4.79 Å². The van der Waals surface area contributed by atoms with Crippen LogP contribution in [-0.4, -0.2) is 36.9 Å². The molecule has 0 aromatic heterocycles. The molecule has 0 aromatic rings. The van der Waals surface area contributed by atoms with Gasteiger partial charge in [-0.1, -0.05) is 0 Å². The molecule has 2 atom stereocenters. The van der Waals surface area contributed by atoms with Gasteiger partial charge < -0.3 is 21.1 Å². The molecule has 0 aromatic carbocycles. The molecule has 0 aliphatic carbocycles.